The van der Waals surface area contributed by atoms with Crippen LogP contribution in [0.1, 0.15) is 57.1 Å². The number of carbonyl (C=O) groups is 3. The minimum atomic E-state index is -0.778. The van der Waals surface area contributed by atoms with Gasteiger partial charge in [-0.1, -0.05) is 25.3 Å². The van der Waals surface area contributed by atoms with Gasteiger partial charge in [0.25, 0.3) is 5.91 Å². The van der Waals surface area contributed by atoms with Crippen molar-refractivity contribution in [3.05, 3.63) is 29.6 Å². The van der Waals surface area contributed by atoms with E-state index in [0.29, 0.717) is 18.4 Å². The molecule has 1 aromatic carbocycles. The Morgan fingerprint density at radius 2 is 2.04 bits per heavy atom. The zero-order chi connectivity index (χ0) is 20.3. The summed E-state index contributed by atoms with van der Waals surface area (Å²) in [5, 5.41) is 5.60. The lowest BCUT2D eigenvalue weighted by atomic mass is 9.82. The molecule has 2 aliphatic rings. The number of hydrogen-bond donors (Lipinski definition) is 2. The molecule has 2 fully saturated rings. The van der Waals surface area contributed by atoms with E-state index in [1.807, 2.05) is 0 Å². The third-order valence-corrected chi connectivity index (χ3v) is 5.57. The van der Waals surface area contributed by atoms with Gasteiger partial charge < -0.3 is 15.4 Å². The topological polar surface area (TPSA) is 87.7 Å². The van der Waals surface area contributed by atoms with Crippen molar-refractivity contribution in [3.8, 4) is 5.75 Å². The maximum atomic E-state index is 13.8. The number of carbonyl (C=O) groups excluding carboxylic acids is 3. The number of hydrogen-bond acceptors (Lipinski definition) is 4. The van der Waals surface area contributed by atoms with E-state index in [2.05, 4.69) is 10.6 Å². The fraction of sp³-hybridized carbons (Fsp3) is 0.550. The first-order valence-electron chi connectivity index (χ1n) is 9.63. The lowest BCUT2D eigenvalue weighted by molar-refractivity contribution is -0.132. The van der Waals surface area contributed by atoms with Gasteiger partial charge in [0.2, 0.25) is 5.91 Å². The fourth-order valence-electron chi connectivity index (χ4n) is 3.94. The number of halogens is 1. The lowest BCUT2D eigenvalue weighted by Crippen LogP contribution is -2.48. The van der Waals surface area contributed by atoms with Gasteiger partial charge in [-0.3, -0.25) is 14.5 Å². The van der Waals surface area contributed by atoms with E-state index in [1.165, 1.54) is 19.2 Å². The SMILES string of the molecule is COc1ccc([C@H](C)NC(=O)CCN2C(=O)NC3(CCCCC3)C2=O)cc1F. The molecule has 4 amide bonds. The van der Waals surface area contributed by atoms with Crippen molar-refractivity contribution >= 4 is 17.8 Å². The number of nitrogens with zero attached hydrogens (tertiary/aromatic N) is 1. The summed E-state index contributed by atoms with van der Waals surface area (Å²) in [5.74, 6) is -0.903. The maximum absolute atomic E-state index is 13.8. The van der Waals surface area contributed by atoms with E-state index in [4.69, 9.17) is 4.74 Å². The smallest absolute Gasteiger partial charge is 0.325 e. The van der Waals surface area contributed by atoms with Gasteiger partial charge in [0.05, 0.1) is 13.2 Å². The third-order valence-electron chi connectivity index (χ3n) is 5.57. The molecule has 0 radical (unpaired) electrons. The monoisotopic (exact) mass is 391 g/mol. The van der Waals surface area contributed by atoms with Crippen LogP contribution in [0.25, 0.3) is 0 Å². The molecule has 1 heterocycles. The Labute approximate surface area is 163 Å². The number of nitrogens with one attached hydrogen (secondary N) is 2. The van der Waals surface area contributed by atoms with Crippen molar-refractivity contribution in [1.29, 1.82) is 0 Å². The van der Waals surface area contributed by atoms with Crippen LogP contribution < -0.4 is 15.4 Å². The van der Waals surface area contributed by atoms with Crippen molar-refractivity contribution < 1.29 is 23.5 Å². The van der Waals surface area contributed by atoms with Crippen LogP contribution in [0.15, 0.2) is 18.2 Å². The van der Waals surface area contributed by atoms with Gasteiger partial charge in [-0.25, -0.2) is 9.18 Å². The summed E-state index contributed by atoms with van der Waals surface area (Å²) in [6.45, 7) is 1.77. The van der Waals surface area contributed by atoms with Gasteiger partial charge in [-0.15, -0.1) is 0 Å². The Balaban J connectivity index is 1.54. The average Bonchev–Trinajstić information content (AvgIpc) is 2.89. The van der Waals surface area contributed by atoms with Crippen LogP contribution in [0.4, 0.5) is 9.18 Å². The number of methoxy groups -OCH3 is 1. The van der Waals surface area contributed by atoms with E-state index in [9.17, 15) is 18.8 Å². The second-order valence-electron chi connectivity index (χ2n) is 7.46. The van der Waals surface area contributed by atoms with Crippen LogP contribution in [-0.2, 0) is 9.59 Å². The zero-order valence-corrected chi connectivity index (χ0v) is 16.2. The van der Waals surface area contributed by atoms with Gasteiger partial charge in [0, 0.05) is 13.0 Å². The van der Waals surface area contributed by atoms with Gasteiger partial charge in [0.1, 0.15) is 5.54 Å². The summed E-state index contributed by atoms with van der Waals surface area (Å²) in [7, 11) is 1.39. The molecule has 0 unspecified atom stereocenters. The van der Waals surface area contributed by atoms with Crippen LogP contribution in [0, 0.1) is 5.82 Å². The number of imide groups is 1. The summed E-state index contributed by atoms with van der Waals surface area (Å²) < 4.78 is 18.7. The summed E-state index contributed by atoms with van der Waals surface area (Å²) in [5.41, 5.74) is -0.178. The molecule has 7 nitrogen and oxygen atoms in total. The Kier molecular flexibility index (Phi) is 5.86. The van der Waals surface area contributed by atoms with Crippen molar-refractivity contribution in [1.82, 2.24) is 15.5 Å². The highest BCUT2D eigenvalue weighted by molar-refractivity contribution is 6.07. The van der Waals surface area contributed by atoms with Crippen LogP contribution in [0.3, 0.4) is 0 Å². The van der Waals surface area contributed by atoms with Crippen LogP contribution in [-0.4, -0.2) is 41.9 Å². The molecule has 0 bridgehead atoms. The Bertz CT molecular complexity index is 777. The summed E-state index contributed by atoms with van der Waals surface area (Å²) in [6.07, 6.45) is 4.20. The fourth-order valence-corrected chi connectivity index (χ4v) is 3.94. The van der Waals surface area contributed by atoms with Gasteiger partial charge >= 0.3 is 6.03 Å². The van der Waals surface area contributed by atoms with E-state index >= 15 is 0 Å². The van der Waals surface area contributed by atoms with Crippen LogP contribution >= 0.6 is 0 Å². The molecule has 28 heavy (non-hydrogen) atoms. The zero-order valence-electron chi connectivity index (χ0n) is 16.2. The number of amides is 4. The van der Waals surface area contributed by atoms with E-state index in [-0.39, 0.29) is 30.5 Å². The summed E-state index contributed by atoms with van der Waals surface area (Å²) in [4.78, 5) is 38.3. The van der Waals surface area contributed by atoms with E-state index in [1.54, 1.807) is 13.0 Å². The molecule has 1 atom stereocenters. The molecule has 0 aromatic heterocycles. The van der Waals surface area contributed by atoms with Gasteiger partial charge in [0.15, 0.2) is 11.6 Å². The molecular formula is C20H26FN3O4. The largest absolute Gasteiger partial charge is 0.494 e. The Hall–Kier alpha value is -2.64. The number of benzene rings is 1. The number of ether oxygens (including phenoxy) is 1. The van der Waals surface area contributed by atoms with Crippen molar-refractivity contribution in [2.45, 2.75) is 57.0 Å². The first-order chi connectivity index (χ1) is 13.4. The average molecular weight is 391 g/mol. The normalized spacial score (nSPS) is 19.5. The Morgan fingerprint density at radius 1 is 1.32 bits per heavy atom. The predicted molar refractivity (Wildman–Crippen MR) is 100 cm³/mol. The molecule has 1 aliphatic carbocycles. The summed E-state index contributed by atoms with van der Waals surface area (Å²) >= 11 is 0. The molecule has 1 spiro atoms. The molecule has 1 saturated carbocycles. The second kappa shape index (κ2) is 8.16. The van der Waals surface area contributed by atoms with Crippen LogP contribution in [0.5, 0.6) is 5.75 Å². The first kappa shape index (κ1) is 20.1. The van der Waals surface area contributed by atoms with E-state index < -0.39 is 23.4 Å². The molecule has 3 rings (SSSR count). The van der Waals surface area contributed by atoms with Crippen LogP contribution in [0.2, 0.25) is 0 Å². The predicted octanol–water partition coefficient (Wildman–Crippen LogP) is 2.66. The Morgan fingerprint density at radius 3 is 2.68 bits per heavy atom. The van der Waals surface area contributed by atoms with E-state index in [0.717, 1.165) is 24.2 Å². The minimum Gasteiger partial charge on any atom is -0.494 e. The van der Waals surface area contributed by atoms with Gasteiger partial charge in [-0.2, -0.15) is 0 Å². The standard InChI is InChI=1S/C20H26FN3O4/c1-13(14-6-7-16(28-2)15(21)12-14)22-17(25)8-11-24-18(26)20(23-19(24)27)9-4-3-5-10-20/h6-7,12-13H,3-5,8-11H2,1-2H3,(H,22,25)(H,23,27)/t13-/m0/s1. The highest BCUT2D eigenvalue weighted by Gasteiger charge is 2.51. The summed E-state index contributed by atoms with van der Waals surface area (Å²) in [6, 6.07) is 3.65. The first-order valence-corrected chi connectivity index (χ1v) is 9.63. The number of rotatable bonds is 6. The minimum absolute atomic E-state index is 0.00177. The quantitative estimate of drug-likeness (QED) is 0.730. The molecule has 2 N–H and O–H groups in total. The van der Waals surface area contributed by atoms with Crippen molar-refractivity contribution in [2.75, 3.05) is 13.7 Å². The molecule has 1 aromatic rings. The van der Waals surface area contributed by atoms with Crippen molar-refractivity contribution in [2.24, 2.45) is 0 Å². The molecule has 152 valence electrons. The second-order valence-corrected chi connectivity index (χ2v) is 7.46. The maximum Gasteiger partial charge on any atom is 0.325 e. The molecule has 8 heteroatoms. The molecular weight excluding hydrogens is 365 g/mol. The lowest BCUT2D eigenvalue weighted by Gasteiger charge is -2.30. The molecule has 1 aliphatic heterocycles. The van der Waals surface area contributed by atoms with Crippen molar-refractivity contribution in [3.63, 3.8) is 0 Å². The third kappa shape index (κ3) is 3.95. The highest BCUT2D eigenvalue weighted by Crippen LogP contribution is 2.33. The highest BCUT2D eigenvalue weighted by atomic mass is 19.1. The number of urea groups is 1. The van der Waals surface area contributed by atoms with Gasteiger partial charge in [-0.05, 0) is 37.5 Å². The molecule has 1 saturated heterocycles.